The number of hydrogen-bond acceptors (Lipinski definition) is 2. The van der Waals surface area contributed by atoms with Crippen LogP contribution in [0, 0.1) is 5.41 Å². The summed E-state index contributed by atoms with van der Waals surface area (Å²) in [7, 11) is 0. The van der Waals surface area contributed by atoms with Crippen molar-refractivity contribution >= 4 is 38.9 Å². The number of aryl methyl sites for hydroxylation is 1. The Morgan fingerprint density at radius 3 is 2.76 bits per heavy atom. The van der Waals surface area contributed by atoms with Gasteiger partial charge >= 0.3 is 0 Å². The highest BCUT2D eigenvalue weighted by Gasteiger charge is 2.25. The molecule has 0 aliphatic heterocycles. The maximum atomic E-state index is 6.05. The summed E-state index contributed by atoms with van der Waals surface area (Å²) >= 11 is 11.2. The van der Waals surface area contributed by atoms with Gasteiger partial charge in [0.1, 0.15) is 4.34 Å². The van der Waals surface area contributed by atoms with E-state index in [0.29, 0.717) is 5.41 Å². The Bertz CT molecular complexity index is 365. The second kappa shape index (κ2) is 5.60. The van der Waals surface area contributed by atoms with Crippen LogP contribution in [0.15, 0.2) is 10.5 Å². The minimum absolute atomic E-state index is 0.367. The largest absolute Gasteiger partial charge is 0.313 e. The van der Waals surface area contributed by atoms with Gasteiger partial charge in [0.25, 0.3) is 0 Å². The lowest BCUT2D eigenvalue weighted by Gasteiger charge is -2.24. The molecule has 4 heteroatoms. The van der Waals surface area contributed by atoms with E-state index in [1.807, 2.05) is 0 Å². The second-order valence-electron chi connectivity index (χ2n) is 5.65. The maximum absolute atomic E-state index is 6.05. The summed E-state index contributed by atoms with van der Waals surface area (Å²) in [6.07, 6.45) is 5.05. The van der Waals surface area contributed by atoms with Gasteiger partial charge in [-0.1, -0.05) is 25.4 Å². The third kappa shape index (κ3) is 4.55. The summed E-state index contributed by atoms with van der Waals surface area (Å²) in [4.78, 5) is 1.38. The molecule has 1 aliphatic rings. The van der Waals surface area contributed by atoms with Crippen LogP contribution < -0.4 is 5.32 Å². The van der Waals surface area contributed by atoms with Crippen LogP contribution in [0.25, 0.3) is 0 Å². The molecule has 0 unspecified atom stereocenters. The average Bonchev–Trinajstić information content (AvgIpc) is 3.02. The average molecular weight is 337 g/mol. The minimum atomic E-state index is 0.367. The first-order chi connectivity index (χ1) is 7.96. The van der Waals surface area contributed by atoms with Crippen LogP contribution in [-0.4, -0.2) is 12.6 Å². The highest BCUT2D eigenvalue weighted by Crippen LogP contribution is 2.34. The summed E-state index contributed by atoms with van der Waals surface area (Å²) in [5, 5.41) is 3.62. The Morgan fingerprint density at radius 2 is 2.24 bits per heavy atom. The number of nitrogens with one attached hydrogen (secondary N) is 1. The van der Waals surface area contributed by atoms with Gasteiger partial charge in [0.05, 0.1) is 0 Å². The van der Waals surface area contributed by atoms with E-state index in [1.54, 1.807) is 11.3 Å². The van der Waals surface area contributed by atoms with E-state index < -0.39 is 0 Å². The monoisotopic (exact) mass is 335 g/mol. The third-order valence-electron chi connectivity index (χ3n) is 3.19. The predicted molar refractivity (Wildman–Crippen MR) is 80.2 cm³/mol. The lowest BCUT2D eigenvalue weighted by molar-refractivity contribution is 0.314. The predicted octanol–water partition coefficient (Wildman–Crippen LogP) is 4.87. The Balaban J connectivity index is 1.78. The lowest BCUT2D eigenvalue weighted by atomic mass is 9.87. The van der Waals surface area contributed by atoms with E-state index >= 15 is 0 Å². The van der Waals surface area contributed by atoms with E-state index in [9.17, 15) is 0 Å². The fourth-order valence-corrected chi connectivity index (χ4v) is 3.56. The molecule has 96 valence electrons. The SMILES string of the molecule is CC(C)(CCc1cc(Br)c(Cl)s1)CNC1CC1. The maximum Gasteiger partial charge on any atom is 0.107 e. The Kier molecular flexibility index (Phi) is 4.56. The lowest BCUT2D eigenvalue weighted by Crippen LogP contribution is -2.31. The van der Waals surface area contributed by atoms with Crippen LogP contribution in [0.2, 0.25) is 4.34 Å². The summed E-state index contributed by atoms with van der Waals surface area (Å²) in [5.74, 6) is 0. The molecule has 1 aliphatic carbocycles. The molecular formula is C13H19BrClNS. The van der Waals surface area contributed by atoms with Crippen molar-refractivity contribution in [2.24, 2.45) is 5.41 Å². The topological polar surface area (TPSA) is 12.0 Å². The van der Waals surface area contributed by atoms with Gasteiger partial charge in [-0.05, 0) is 53.1 Å². The molecule has 17 heavy (non-hydrogen) atoms. The van der Waals surface area contributed by atoms with Crippen molar-refractivity contribution in [3.05, 3.63) is 19.8 Å². The Morgan fingerprint density at radius 1 is 1.53 bits per heavy atom. The van der Waals surface area contributed by atoms with Crippen molar-refractivity contribution in [3.8, 4) is 0 Å². The summed E-state index contributed by atoms with van der Waals surface area (Å²) < 4.78 is 1.90. The van der Waals surface area contributed by atoms with Crippen LogP contribution >= 0.6 is 38.9 Å². The van der Waals surface area contributed by atoms with Crippen molar-refractivity contribution in [2.45, 2.75) is 45.6 Å². The van der Waals surface area contributed by atoms with E-state index in [1.165, 1.54) is 24.1 Å². The molecule has 1 saturated carbocycles. The number of halogens is 2. The molecule has 0 bridgehead atoms. The zero-order valence-corrected chi connectivity index (χ0v) is 13.5. The number of hydrogen-bond donors (Lipinski definition) is 1. The minimum Gasteiger partial charge on any atom is -0.313 e. The quantitative estimate of drug-likeness (QED) is 0.781. The molecule has 1 fully saturated rings. The second-order valence-corrected chi connectivity index (χ2v) is 8.25. The fourth-order valence-electron chi connectivity index (χ4n) is 1.77. The van der Waals surface area contributed by atoms with Crippen molar-refractivity contribution in [1.29, 1.82) is 0 Å². The van der Waals surface area contributed by atoms with Crippen LogP contribution in [0.1, 0.15) is 38.0 Å². The Labute approximate surface area is 121 Å². The van der Waals surface area contributed by atoms with E-state index in [0.717, 1.165) is 27.8 Å². The van der Waals surface area contributed by atoms with Crippen LogP contribution in [0.4, 0.5) is 0 Å². The normalized spacial score (nSPS) is 16.5. The smallest absolute Gasteiger partial charge is 0.107 e. The number of thiophene rings is 1. The van der Waals surface area contributed by atoms with Crippen molar-refractivity contribution < 1.29 is 0 Å². The summed E-state index contributed by atoms with van der Waals surface area (Å²) in [5.41, 5.74) is 0.367. The van der Waals surface area contributed by atoms with Crippen molar-refractivity contribution in [2.75, 3.05) is 6.54 Å². The summed E-state index contributed by atoms with van der Waals surface area (Å²) in [6, 6.07) is 2.96. The first-order valence-electron chi connectivity index (χ1n) is 6.13. The van der Waals surface area contributed by atoms with E-state index in [-0.39, 0.29) is 0 Å². The molecule has 1 N–H and O–H groups in total. The zero-order valence-electron chi connectivity index (χ0n) is 10.4. The van der Waals surface area contributed by atoms with Crippen LogP contribution in [-0.2, 0) is 6.42 Å². The van der Waals surface area contributed by atoms with Gasteiger partial charge in [-0.15, -0.1) is 11.3 Å². The first kappa shape index (κ1) is 13.9. The standard InChI is InChI=1S/C13H19BrClNS/c1-13(2,8-16-9-3-4-9)6-5-10-7-11(14)12(15)17-10/h7,9,16H,3-6,8H2,1-2H3. The van der Waals surface area contributed by atoms with Gasteiger partial charge in [0.15, 0.2) is 0 Å². The van der Waals surface area contributed by atoms with E-state index in [2.05, 4.69) is 41.2 Å². The highest BCUT2D eigenvalue weighted by molar-refractivity contribution is 9.10. The zero-order chi connectivity index (χ0) is 12.5. The van der Waals surface area contributed by atoms with Crippen molar-refractivity contribution in [1.82, 2.24) is 5.32 Å². The molecule has 1 aromatic heterocycles. The van der Waals surface area contributed by atoms with Gasteiger partial charge in [-0.3, -0.25) is 0 Å². The third-order valence-corrected chi connectivity index (χ3v) is 5.73. The molecule has 0 aromatic carbocycles. The molecular weight excluding hydrogens is 318 g/mol. The fraction of sp³-hybridized carbons (Fsp3) is 0.692. The molecule has 0 atom stereocenters. The molecule has 1 heterocycles. The van der Waals surface area contributed by atoms with Crippen LogP contribution in [0.5, 0.6) is 0 Å². The summed E-state index contributed by atoms with van der Waals surface area (Å²) in [6.45, 7) is 5.80. The molecule has 0 saturated heterocycles. The Hall–Kier alpha value is 0.430. The first-order valence-corrected chi connectivity index (χ1v) is 8.12. The van der Waals surface area contributed by atoms with Gasteiger partial charge in [-0.25, -0.2) is 0 Å². The van der Waals surface area contributed by atoms with Crippen LogP contribution in [0.3, 0.4) is 0 Å². The van der Waals surface area contributed by atoms with Gasteiger partial charge in [0.2, 0.25) is 0 Å². The van der Waals surface area contributed by atoms with Gasteiger partial charge in [-0.2, -0.15) is 0 Å². The van der Waals surface area contributed by atoms with Gasteiger partial charge < -0.3 is 5.32 Å². The molecule has 1 aromatic rings. The van der Waals surface area contributed by atoms with Crippen molar-refractivity contribution in [3.63, 3.8) is 0 Å². The molecule has 0 radical (unpaired) electrons. The van der Waals surface area contributed by atoms with Gasteiger partial charge in [0, 0.05) is 21.9 Å². The highest BCUT2D eigenvalue weighted by atomic mass is 79.9. The van der Waals surface area contributed by atoms with E-state index in [4.69, 9.17) is 11.6 Å². The molecule has 1 nitrogen and oxygen atoms in total. The molecule has 2 rings (SSSR count). The molecule has 0 spiro atoms. The molecule has 0 amide bonds. The number of rotatable bonds is 6.